The van der Waals surface area contributed by atoms with Crippen molar-refractivity contribution in [3.05, 3.63) is 0 Å². The smallest absolute Gasteiger partial charge is 0.330 e. The van der Waals surface area contributed by atoms with Gasteiger partial charge in [0.15, 0.2) is 0 Å². The molecule has 0 radical (unpaired) electrons. The summed E-state index contributed by atoms with van der Waals surface area (Å²) in [5.74, 6) is -0.258. The summed E-state index contributed by atoms with van der Waals surface area (Å²) in [5.41, 5.74) is 9.09. The number of hydrogen-bond donors (Lipinski definition) is 4. The molecule has 6 nitrogen and oxygen atoms in total. The second-order valence-electron chi connectivity index (χ2n) is 3.02. The molecule has 0 saturated carbocycles. The molecule has 1 atom stereocenters. The van der Waals surface area contributed by atoms with Crippen molar-refractivity contribution in [2.45, 2.75) is 12.8 Å². The van der Waals surface area contributed by atoms with E-state index in [0.717, 1.165) is 19.4 Å². The van der Waals surface area contributed by atoms with Gasteiger partial charge in [0, 0.05) is 6.54 Å². The van der Waals surface area contributed by atoms with Gasteiger partial charge < -0.3 is 11.1 Å². The third-order valence-electron chi connectivity index (χ3n) is 1.98. The normalized spacial score (nSPS) is 22.0. The molecule has 0 aromatic heterocycles. The Kier molecular flexibility index (Phi) is 3.51. The van der Waals surface area contributed by atoms with Crippen LogP contribution in [0.1, 0.15) is 12.8 Å². The predicted molar refractivity (Wildman–Crippen MR) is 46.5 cm³/mol. The number of nitrogens with two attached hydrogens (primary N) is 1. The summed E-state index contributed by atoms with van der Waals surface area (Å²) in [6.07, 6.45) is 1.83. The van der Waals surface area contributed by atoms with Crippen LogP contribution in [0.3, 0.4) is 0 Å². The first-order valence-corrected chi connectivity index (χ1v) is 4.26. The Balaban J connectivity index is 2.25. The molecule has 0 aromatic carbocycles. The minimum Gasteiger partial charge on any atom is -0.350 e. The molecule has 13 heavy (non-hydrogen) atoms. The van der Waals surface area contributed by atoms with Gasteiger partial charge in [0.1, 0.15) is 0 Å². The lowest BCUT2D eigenvalue weighted by atomic mass is 9.99. The molecule has 0 bridgehead atoms. The number of piperidine rings is 1. The fourth-order valence-electron chi connectivity index (χ4n) is 1.30. The van der Waals surface area contributed by atoms with E-state index < -0.39 is 6.03 Å². The summed E-state index contributed by atoms with van der Waals surface area (Å²) in [6.45, 7) is 1.61. The highest BCUT2D eigenvalue weighted by atomic mass is 16.2. The first-order chi connectivity index (χ1) is 6.20. The summed E-state index contributed by atoms with van der Waals surface area (Å²) < 4.78 is 0. The van der Waals surface area contributed by atoms with Crippen LogP contribution in [0.5, 0.6) is 0 Å². The third kappa shape index (κ3) is 3.29. The van der Waals surface area contributed by atoms with Gasteiger partial charge in [-0.15, -0.1) is 0 Å². The van der Waals surface area contributed by atoms with Crippen LogP contribution < -0.4 is 21.9 Å². The van der Waals surface area contributed by atoms with Crippen molar-refractivity contribution in [1.82, 2.24) is 16.2 Å². The van der Waals surface area contributed by atoms with Gasteiger partial charge in [-0.25, -0.2) is 10.2 Å². The van der Waals surface area contributed by atoms with Crippen LogP contribution in [0.15, 0.2) is 0 Å². The maximum absolute atomic E-state index is 11.3. The fourth-order valence-corrected chi connectivity index (χ4v) is 1.30. The zero-order valence-corrected chi connectivity index (χ0v) is 7.30. The summed E-state index contributed by atoms with van der Waals surface area (Å²) in [4.78, 5) is 21.5. The number of rotatable bonds is 1. The quantitative estimate of drug-likeness (QED) is 0.383. The predicted octanol–water partition coefficient (Wildman–Crippen LogP) is -1.31. The molecule has 1 aliphatic rings. The van der Waals surface area contributed by atoms with Crippen LogP contribution in [0, 0.1) is 5.92 Å². The van der Waals surface area contributed by atoms with Gasteiger partial charge in [-0.2, -0.15) is 0 Å². The number of carbonyl (C=O) groups is 2. The highest BCUT2D eigenvalue weighted by Gasteiger charge is 2.20. The van der Waals surface area contributed by atoms with Gasteiger partial charge in [0.2, 0.25) is 5.91 Å². The Labute approximate surface area is 76.2 Å². The second kappa shape index (κ2) is 4.66. The summed E-state index contributed by atoms with van der Waals surface area (Å²) in [5, 5.41) is 3.10. The highest BCUT2D eigenvalue weighted by molar-refractivity contribution is 5.82. The molecule has 1 fully saturated rings. The zero-order valence-electron chi connectivity index (χ0n) is 7.30. The van der Waals surface area contributed by atoms with E-state index in [-0.39, 0.29) is 11.8 Å². The maximum Gasteiger partial charge on any atom is 0.330 e. The van der Waals surface area contributed by atoms with Gasteiger partial charge in [0.05, 0.1) is 5.92 Å². The number of nitrogens with one attached hydrogen (secondary N) is 3. The Morgan fingerprint density at radius 2 is 2.15 bits per heavy atom. The molecule has 1 heterocycles. The summed E-state index contributed by atoms with van der Waals surface area (Å²) in [6, 6.07) is -0.753. The molecule has 0 aliphatic carbocycles. The number of carbonyl (C=O) groups excluding carboxylic acids is 2. The zero-order chi connectivity index (χ0) is 9.68. The average Bonchev–Trinajstić information content (AvgIpc) is 2.15. The van der Waals surface area contributed by atoms with Crippen molar-refractivity contribution in [2.75, 3.05) is 13.1 Å². The number of hydrogen-bond acceptors (Lipinski definition) is 3. The van der Waals surface area contributed by atoms with Crippen molar-refractivity contribution < 1.29 is 9.59 Å². The Hall–Kier alpha value is -1.30. The van der Waals surface area contributed by atoms with Crippen molar-refractivity contribution in [3.8, 4) is 0 Å². The minimum atomic E-state index is -0.753. The lowest BCUT2D eigenvalue weighted by Crippen LogP contribution is -2.49. The largest absolute Gasteiger partial charge is 0.350 e. The molecular formula is C7H14N4O2. The molecule has 1 unspecified atom stereocenters. The van der Waals surface area contributed by atoms with Crippen LogP contribution in [-0.4, -0.2) is 25.0 Å². The molecule has 6 heteroatoms. The minimum absolute atomic E-state index is 0.0689. The standard InChI is InChI=1S/C7H14N4O2/c8-7(13)11-10-6(12)5-2-1-3-9-4-5/h5,9H,1-4H2,(H,10,12)(H3,8,11,13). The van der Waals surface area contributed by atoms with Crippen LogP contribution in [0.25, 0.3) is 0 Å². The van der Waals surface area contributed by atoms with E-state index in [4.69, 9.17) is 5.73 Å². The number of amides is 3. The first-order valence-electron chi connectivity index (χ1n) is 4.26. The molecule has 1 rings (SSSR count). The molecule has 0 spiro atoms. The van der Waals surface area contributed by atoms with Gasteiger partial charge in [0.25, 0.3) is 0 Å². The van der Waals surface area contributed by atoms with Crippen LogP contribution in [0.4, 0.5) is 4.79 Å². The Bertz CT molecular complexity index is 201. The lowest BCUT2D eigenvalue weighted by Gasteiger charge is -2.21. The van der Waals surface area contributed by atoms with Crippen molar-refractivity contribution in [3.63, 3.8) is 0 Å². The van der Waals surface area contributed by atoms with E-state index in [1.54, 1.807) is 0 Å². The molecule has 5 N–H and O–H groups in total. The molecular weight excluding hydrogens is 172 g/mol. The monoisotopic (exact) mass is 186 g/mol. The van der Waals surface area contributed by atoms with E-state index in [1.807, 2.05) is 0 Å². The third-order valence-corrected chi connectivity index (χ3v) is 1.98. The fraction of sp³-hybridized carbons (Fsp3) is 0.714. The molecule has 1 saturated heterocycles. The molecule has 0 aromatic rings. The van der Waals surface area contributed by atoms with Crippen LogP contribution in [0.2, 0.25) is 0 Å². The second-order valence-corrected chi connectivity index (χ2v) is 3.02. The maximum atomic E-state index is 11.3. The van der Waals surface area contributed by atoms with Crippen molar-refractivity contribution in [2.24, 2.45) is 11.7 Å². The lowest BCUT2D eigenvalue weighted by molar-refractivity contribution is -0.126. The van der Waals surface area contributed by atoms with Crippen molar-refractivity contribution in [1.29, 1.82) is 0 Å². The topological polar surface area (TPSA) is 96.2 Å². The number of primary amides is 1. The first kappa shape index (κ1) is 9.79. The van der Waals surface area contributed by atoms with E-state index in [0.29, 0.717) is 6.54 Å². The van der Waals surface area contributed by atoms with Crippen LogP contribution >= 0.6 is 0 Å². The van der Waals surface area contributed by atoms with E-state index >= 15 is 0 Å². The van der Waals surface area contributed by atoms with E-state index in [2.05, 4.69) is 16.2 Å². The highest BCUT2D eigenvalue weighted by Crippen LogP contribution is 2.08. The van der Waals surface area contributed by atoms with Gasteiger partial charge in [-0.1, -0.05) is 0 Å². The Morgan fingerprint density at radius 1 is 1.38 bits per heavy atom. The summed E-state index contributed by atoms with van der Waals surface area (Å²) >= 11 is 0. The molecule has 3 amide bonds. The SMILES string of the molecule is NC(=O)NNC(=O)C1CCCNC1. The number of urea groups is 1. The van der Waals surface area contributed by atoms with Gasteiger partial charge in [-0.05, 0) is 19.4 Å². The molecule has 74 valence electrons. The molecule has 1 aliphatic heterocycles. The Morgan fingerprint density at radius 3 is 2.69 bits per heavy atom. The van der Waals surface area contributed by atoms with Gasteiger partial charge >= 0.3 is 6.03 Å². The van der Waals surface area contributed by atoms with Gasteiger partial charge in [-0.3, -0.25) is 10.2 Å². The van der Waals surface area contributed by atoms with Crippen molar-refractivity contribution >= 4 is 11.9 Å². The number of hydrazine groups is 1. The average molecular weight is 186 g/mol. The van der Waals surface area contributed by atoms with Crippen LogP contribution in [-0.2, 0) is 4.79 Å². The summed E-state index contributed by atoms with van der Waals surface area (Å²) in [7, 11) is 0. The van der Waals surface area contributed by atoms with E-state index in [1.165, 1.54) is 0 Å². The van der Waals surface area contributed by atoms with E-state index in [9.17, 15) is 9.59 Å².